The molecule has 1 rings (SSSR count). The Morgan fingerprint density at radius 1 is 1.37 bits per heavy atom. The first kappa shape index (κ1) is 15.4. The summed E-state index contributed by atoms with van der Waals surface area (Å²) in [6.07, 6.45) is 5.57. The van der Waals surface area contributed by atoms with Crippen LogP contribution in [0.2, 0.25) is 0 Å². The van der Waals surface area contributed by atoms with Crippen molar-refractivity contribution in [2.24, 2.45) is 0 Å². The van der Waals surface area contributed by atoms with E-state index in [1.54, 1.807) is 0 Å². The first-order chi connectivity index (χ1) is 9.04. The summed E-state index contributed by atoms with van der Waals surface area (Å²) in [5.41, 5.74) is 0.110. The van der Waals surface area contributed by atoms with E-state index in [0.717, 1.165) is 18.9 Å². The van der Waals surface area contributed by atoms with Crippen molar-refractivity contribution in [1.82, 2.24) is 0 Å². The first-order valence-corrected chi connectivity index (χ1v) is 6.75. The average molecular weight is 268 g/mol. The molecule has 0 aliphatic heterocycles. The van der Waals surface area contributed by atoms with Crippen molar-refractivity contribution >= 4 is 11.4 Å². The summed E-state index contributed by atoms with van der Waals surface area (Å²) in [6, 6.07) is 3.66. The van der Waals surface area contributed by atoms with Gasteiger partial charge in [0.1, 0.15) is 5.82 Å². The van der Waals surface area contributed by atoms with Gasteiger partial charge in [0, 0.05) is 18.2 Å². The third-order valence-corrected chi connectivity index (χ3v) is 3.05. The van der Waals surface area contributed by atoms with Crippen LogP contribution in [0.25, 0.3) is 0 Å². The van der Waals surface area contributed by atoms with E-state index in [2.05, 4.69) is 12.2 Å². The second kappa shape index (κ2) is 7.71. The Morgan fingerprint density at radius 3 is 2.74 bits per heavy atom. The Morgan fingerprint density at radius 2 is 2.11 bits per heavy atom. The molecule has 0 radical (unpaired) electrons. The molecule has 0 aromatic heterocycles. The molecule has 0 saturated carbocycles. The molecule has 4 nitrogen and oxygen atoms in total. The monoisotopic (exact) mass is 268 g/mol. The SMILES string of the molecule is CCCCCCC(C)Nc1cc([N+](=O)[O-])ccc1F. The minimum Gasteiger partial charge on any atom is -0.380 e. The summed E-state index contributed by atoms with van der Waals surface area (Å²) in [5, 5.41) is 13.7. The van der Waals surface area contributed by atoms with Gasteiger partial charge in [0.05, 0.1) is 10.6 Å². The molecule has 0 fully saturated rings. The van der Waals surface area contributed by atoms with Gasteiger partial charge in [-0.05, 0) is 19.4 Å². The molecule has 0 aliphatic rings. The van der Waals surface area contributed by atoms with Crippen LogP contribution in [0.4, 0.5) is 15.8 Å². The number of halogens is 1. The first-order valence-electron chi connectivity index (χ1n) is 6.75. The molecule has 1 unspecified atom stereocenters. The van der Waals surface area contributed by atoms with E-state index in [-0.39, 0.29) is 17.4 Å². The lowest BCUT2D eigenvalue weighted by atomic mass is 10.1. The Kier molecular flexibility index (Phi) is 6.25. The number of nitro benzene ring substituents is 1. The van der Waals surface area contributed by atoms with Crippen LogP contribution in [-0.4, -0.2) is 11.0 Å². The molecular formula is C14H21FN2O2. The predicted molar refractivity (Wildman–Crippen MR) is 74.9 cm³/mol. The van der Waals surface area contributed by atoms with Crippen molar-refractivity contribution in [3.05, 3.63) is 34.1 Å². The third kappa shape index (κ3) is 5.24. The topological polar surface area (TPSA) is 55.2 Å². The van der Waals surface area contributed by atoms with Crippen molar-refractivity contribution in [3.8, 4) is 0 Å². The molecule has 5 heteroatoms. The fraction of sp³-hybridized carbons (Fsp3) is 0.571. The van der Waals surface area contributed by atoms with E-state index in [0.29, 0.717) is 0 Å². The van der Waals surface area contributed by atoms with E-state index in [4.69, 9.17) is 0 Å². The molecule has 0 heterocycles. The smallest absolute Gasteiger partial charge is 0.271 e. The number of unbranched alkanes of at least 4 members (excludes halogenated alkanes) is 3. The molecule has 0 amide bonds. The van der Waals surface area contributed by atoms with Gasteiger partial charge in [0.25, 0.3) is 5.69 Å². The lowest BCUT2D eigenvalue weighted by molar-refractivity contribution is -0.384. The molecule has 0 aliphatic carbocycles. The molecule has 19 heavy (non-hydrogen) atoms. The number of benzene rings is 1. The molecule has 0 spiro atoms. The number of nitrogens with one attached hydrogen (secondary N) is 1. The number of non-ortho nitro benzene ring substituents is 1. The van der Waals surface area contributed by atoms with E-state index >= 15 is 0 Å². The maximum absolute atomic E-state index is 13.6. The van der Waals surface area contributed by atoms with Crippen molar-refractivity contribution in [3.63, 3.8) is 0 Å². The number of anilines is 1. The van der Waals surface area contributed by atoms with Crippen molar-refractivity contribution < 1.29 is 9.31 Å². The van der Waals surface area contributed by atoms with Gasteiger partial charge in [-0.25, -0.2) is 4.39 Å². The number of hydrogen-bond acceptors (Lipinski definition) is 3. The lowest BCUT2D eigenvalue weighted by Gasteiger charge is -2.15. The minimum atomic E-state index is -0.517. The fourth-order valence-electron chi connectivity index (χ4n) is 1.95. The maximum atomic E-state index is 13.6. The van der Waals surface area contributed by atoms with E-state index in [1.165, 1.54) is 31.4 Å². The van der Waals surface area contributed by atoms with Gasteiger partial charge in [-0.1, -0.05) is 32.6 Å². The zero-order valence-corrected chi connectivity index (χ0v) is 11.5. The quantitative estimate of drug-likeness (QED) is 0.429. The standard InChI is InChI=1S/C14H21FN2O2/c1-3-4-5-6-7-11(2)16-14-10-12(17(18)19)8-9-13(14)15/h8-11,16H,3-7H2,1-2H3. The van der Waals surface area contributed by atoms with Gasteiger partial charge in [-0.15, -0.1) is 0 Å². The second-order valence-corrected chi connectivity index (χ2v) is 4.82. The second-order valence-electron chi connectivity index (χ2n) is 4.82. The van der Waals surface area contributed by atoms with Crippen molar-refractivity contribution in [2.75, 3.05) is 5.32 Å². The average Bonchev–Trinajstić information content (AvgIpc) is 2.37. The zero-order chi connectivity index (χ0) is 14.3. The molecule has 1 aromatic carbocycles. The summed E-state index contributed by atoms with van der Waals surface area (Å²) >= 11 is 0. The highest BCUT2D eigenvalue weighted by atomic mass is 19.1. The van der Waals surface area contributed by atoms with E-state index < -0.39 is 10.7 Å². The zero-order valence-electron chi connectivity index (χ0n) is 11.5. The van der Waals surface area contributed by atoms with Gasteiger partial charge >= 0.3 is 0 Å². The van der Waals surface area contributed by atoms with Gasteiger partial charge in [0.15, 0.2) is 0 Å². The normalized spacial score (nSPS) is 12.2. The van der Waals surface area contributed by atoms with Gasteiger partial charge in [-0.3, -0.25) is 10.1 Å². The molecule has 1 atom stereocenters. The van der Waals surface area contributed by atoms with Crippen LogP contribution in [-0.2, 0) is 0 Å². The van der Waals surface area contributed by atoms with Gasteiger partial charge in [-0.2, -0.15) is 0 Å². The summed E-state index contributed by atoms with van der Waals surface area (Å²) in [4.78, 5) is 10.1. The third-order valence-electron chi connectivity index (χ3n) is 3.05. The largest absolute Gasteiger partial charge is 0.380 e. The van der Waals surface area contributed by atoms with Crippen LogP contribution < -0.4 is 5.32 Å². The molecule has 0 bridgehead atoms. The number of nitro groups is 1. The summed E-state index contributed by atoms with van der Waals surface area (Å²) < 4.78 is 13.6. The van der Waals surface area contributed by atoms with Gasteiger partial charge in [0.2, 0.25) is 0 Å². The Balaban J connectivity index is 2.55. The van der Waals surface area contributed by atoms with E-state index in [1.807, 2.05) is 6.92 Å². The van der Waals surface area contributed by atoms with Crippen molar-refractivity contribution in [2.45, 2.75) is 52.0 Å². The fourth-order valence-corrected chi connectivity index (χ4v) is 1.95. The maximum Gasteiger partial charge on any atom is 0.271 e. The van der Waals surface area contributed by atoms with Crippen LogP contribution in [0.1, 0.15) is 46.0 Å². The molecule has 1 N–H and O–H groups in total. The highest BCUT2D eigenvalue weighted by Gasteiger charge is 2.12. The molecular weight excluding hydrogens is 247 g/mol. The molecule has 1 aromatic rings. The summed E-state index contributed by atoms with van der Waals surface area (Å²) in [7, 11) is 0. The van der Waals surface area contributed by atoms with Crippen molar-refractivity contribution in [1.29, 1.82) is 0 Å². The van der Waals surface area contributed by atoms with Crippen LogP contribution in [0.15, 0.2) is 18.2 Å². The number of nitrogens with zero attached hydrogens (tertiary/aromatic N) is 1. The number of rotatable bonds is 8. The predicted octanol–water partition coefficient (Wildman–Crippen LogP) is 4.50. The number of hydrogen-bond donors (Lipinski definition) is 1. The molecule has 106 valence electrons. The Hall–Kier alpha value is -1.65. The van der Waals surface area contributed by atoms with Gasteiger partial charge < -0.3 is 5.32 Å². The lowest BCUT2D eigenvalue weighted by Crippen LogP contribution is -2.16. The summed E-state index contributed by atoms with van der Waals surface area (Å²) in [5.74, 6) is -0.453. The van der Waals surface area contributed by atoms with Crippen LogP contribution >= 0.6 is 0 Å². The Bertz CT molecular complexity index is 424. The highest BCUT2D eigenvalue weighted by molar-refractivity contribution is 5.52. The minimum absolute atomic E-state index is 0.0953. The Labute approximate surface area is 113 Å². The summed E-state index contributed by atoms with van der Waals surface area (Å²) in [6.45, 7) is 4.12. The van der Waals surface area contributed by atoms with Crippen LogP contribution in [0, 0.1) is 15.9 Å². The molecule has 0 saturated heterocycles. The van der Waals surface area contributed by atoms with E-state index in [9.17, 15) is 14.5 Å². The highest BCUT2D eigenvalue weighted by Crippen LogP contribution is 2.22. The van der Waals surface area contributed by atoms with Crippen LogP contribution in [0.5, 0.6) is 0 Å². The van der Waals surface area contributed by atoms with Crippen LogP contribution in [0.3, 0.4) is 0 Å².